The molecule has 0 bridgehead atoms. The first-order chi connectivity index (χ1) is 9.83. The smallest absolute Gasteiger partial charge is 0.236 e. The molecule has 2 aliphatic rings. The molecule has 1 aliphatic carbocycles. The van der Waals surface area contributed by atoms with Crippen molar-refractivity contribution in [2.75, 3.05) is 19.6 Å². The Morgan fingerprint density at radius 2 is 2.35 bits per heavy atom. The molecule has 0 fully saturated rings. The predicted molar refractivity (Wildman–Crippen MR) is 82.9 cm³/mol. The van der Waals surface area contributed by atoms with E-state index in [0.29, 0.717) is 6.54 Å². The van der Waals surface area contributed by atoms with Gasteiger partial charge in [-0.25, -0.2) is 0 Å². The van der Waals surface area contributed by atoms with Gasteiger partial charge < -0.3 is 10.2 Å². The quantitative estimate of drug-likeness (QED) is 0.668. The van der Waals surface area contributed by atoms with Crippen LogP contribution in [0.15, 0.2) is 23.1 Å². The second-order valence-electron chi connectivity index (χ2n) is 5.62. The number of hydrogen-bond acceptors (Lipinski definition) is 3. The zero-order valence-electron chi connectivity index (χ0n) is 11.9. The van der Waals surface area contributed by atoms with E-state index >= 15 is 0 Å². The van der Waals surface area contributed by atoms with Crippen molar-refractivity contribution in [1.82, 2.24) is 10.2 Å². The summed E-state index contributed by atoms with van der Waals surface area (Å²) in [5.74, 6) is 0.238. The van der Waals surface area contributed by atoms with Crippen molar-refractivity contribution < 1.29 is 4.79 Å². The van der Waals surface area contributed by atoms with Crippen molar-refractivity contribution in [3.63, 3.8) is 0 Å². The van der Waals surface area contributed by atoms with Gasteiger partial charge in [0, 0.05) is 18.0 Å². The van der Waals surface area contributed by atoms with Crippen molar-refractivity contribution in [3.05, 3.63) is 33.5 Å². The summed E-state index contributed by atoms with van der Waals surface area (Å²) in [5, 5.41) is 5.43. The third-order valence-corrected chi connectivity index (χ3v) is 5.22. The number of hydrogen-bond donors (Lipinski definition) is 1. The van der Waals surface area contributed by atoms with Gasteiger partial charge in [-0.05, 0) is 55.7 Å². The van der Waals surface area contributed by atoms with E-state index in [0.717, 1.165) is 32.5 Å². The fourth-order valence-corrected chi connectivity index (χ4v) is 3.87. The molecule has 20 heavy (non-hydrogen) atoms. The maximum Gasteiger partial charge on any atom is 0.236 e. The van der Waals surface area contributed by atoms with Crippen LogP contribution in [0.3, 0.4) is 0 Å². The number of carbonyl (C=O) groups excluding carboxylic acids is 1. The number of thiophene rings is 1. The van der Waals surface area contributed by atoms with Gasteiger partial charge in [0.1, 0.15) is 0 Å². The summed E-state index contributed by atoms with van der Waals surface area (Å²) in [7, 11) is 0. The molecule has 0 saturated carbocycles. The summed E-state index contributed by atoms with van der Waals surface area (Å²) in [6, 6.07) is 2.15. The van der Waals surface area contributed by atoms with Crippen molar-refractivity contribution in [2.45, 2.75) is 38.6 Å². The van der Waals surface area contributed by atoms with E-state index in [4.69, 9.17) is 0 Å². The number of rotatable bonds is 5. The highest BCUT2D eigenvalue weighted by Gasteiger charge is 2.20. The first kappa shape index (κ1) is 13.8. The lowest BCUT2D eigenvalue weighted by Crippen LogP contribution is -2.41. The van der Waals surface area contributed by atoms with Gasteiger partial charge in [-0.3, -0.25) is 4.79 Å². The van der Waals surface area contributed by atoms with Gasteiger partial charge in [-0.1, -0.05) is 11.6 Å². The molecule has 0 spiro atoms. The molecule has 2 heterocycles. The normalized spacial score (nSPS) is 18.0. The Morgan fingerprint density at radius 1 is 1.40 bits per heavy atom. The van der Waals surface area contributed by atoms with E-state index in [9.17, 15) is 4.79 Å². The summed E-state index contributed by atoms with van der Waals surface area (Å²) in [4.78, 5) is 15.6. The Bertz CT molecular complexity index is 506. The topological polar surface area (TPSA) is 32.3 Å². The predicted octanol–water partition coefficient (Wildman–Crippen LogP) is 2.72. The molecular formula is C16H22N2OS. The van der Waals surface area contributed by atoms with Crippen molar-refractivity contribution in [2.24, 2.45) is 0 Å². The standard InChI is InChI=1S/C16H22N2OS/c19-16(11-17-8-5-13-3-1-2-4-13)18-9-6-15-14(12-18)7-10-20-15/h3,7,10,17H,1-2,4-6,8-9,11-12H2. The number of allylic oxidation sites excluding steroid dienone is 1. The summed E-state index contributed by atoms with van der Waals surface area (Å²) >= 11 is 1.81. The van der Waals surface area contributed by atoms with Crippen LogP contribution in [-0.2, 0) is 17.8 Å². The van der Waals surface area contributed by atoms with Crippen LogP contribution < -0.4 is 5.32 Å². The van der Waals surface area contributed by atoms with Crippen molar-refractivity contribution >= 4 is 17.2 Å². The van der Waals surface area contributed by atoms with E-state index < -0.39 is 0 Å². The van der Waals surface area contributed by atoms with Crippen LogP contribution in [0.4, 0.5) is 0 Å². The average Bonchev–Trinajstić information content (AvgIpc) is 3.13. The lowest BCUT2D eigenvalue weighted by Gasteiger charge is -2.27. The van der Waals surface area contributed by atoms with Crippen molar-refractivity contribution in [1.29, 1.82) is 0 Å². The fourth-order valence-electron chi connectivity index (χ4n) is 2.98. The van der Waals surface area contributed by atoms with Gasteiger partial charge in [0.2, 0.25) is 5.91 Å². The first-order valence-electron chi connectivity index (χ1n) is 7.54. The largest absolute Gasteiger partial charge is 0.337 e. The van der Waals surface area contributed by atoms with Gasteiger partial charge in [0.25, 0.3) is 0 Å². The Morgan fingerprint density at radius 3 is 3.20 bits per heavy atom. The van der Waals surface area contributed by atoms with Gasteiger partial charge >= 0.3 is 0 Å². The molecule has 0 atom stereocenters. The van der Waals surface area contributed by atoms with Gasteiger partial charge in [-0.2, -0.15) is 0 Å². The third-order valence-electron chi connectivity index (χ3n) is 4.19. The number of nitrogens with one attached hydrogen (secondary N) is 1. The summed E-state index contributed by atoms with van der Waals surface area (Å²) in [5.41, 5.74) is 2.90. The molecular weight excluding hydrogens is 268 g/mol. The minimum absolute atomic E-state index is 0.238. The molecule has 3 nitrogen and oxygen atoms in total. The molecule has 3 rings (SSSR count). The fraction of sp³-hybridized carbons (Fsp3) is 0.562. The highest BCUT2D eigenvalue weighted by molar-refractivity contribution is 7.10. The molecule has 1 N–H and O–H groups in total. The number of carbonyl (C=O) groups is 1. The molecule has 108 valence electrons. The highest BCUT2D eigenvalue weighted by atomic mass is 32.1. The Kier molecular flexibility index (Phi) is 4.53. The van der Waals surface area contributed by atoms with Crippen LogP contribution in [0.1, 0.15) is 36.1 Å². The van der Waals surface area contributed by atoms with Crippen LogP contribution in [-0.4, -0.2) is 30.4 Å². The molecule has 1 aromatic rings. The molecule has 1 amide bonds. The first-order valence-corrected chi connectivity index (χ1v) is 8.42. The Hall–Kier alpha value is -1.13. The lowest BCUT2D eigenvalue weighted by atomic mass is 10.1. The van der Waals surface area contributed by atoms with E-state index in [-0.39, 0.29) is 5.91 Å². The zero-order chi connectivity index (χ0) is 13.8. The summed E-state index contributed by atoms with van der Waals surface area (Å²) < 4.78 is 0. The SMILES string of the molecule is O=C(CNCCC1=CCCC1)N1CCc2sccc2C1. The molecule has 0 aromatic carbocycles. The van der Waals surface area contributed by atoms with Crippen LogP contribution >= 0.6 is 11.3 Å². The molecule has 4 heteroatoms. The lowest BCUT2D eigenvalue weighted by molar-refractivity contribution is -0.131. The van der Waals surface area contributed by atoms with Crippen LogP contribution in [0.25, 0.3) is 0 Å². The minimum atomic E-state index is 0.238. The average molecular weight is 290 g/mol. The van der Waals surface area contributed by atoms with Gasteiger partial charge in [0.15, 0.2) is 0 Å². The molecule has 1 aromatic heterocycles. The van der Waals surface area contributed by atoms with E-state index in [2.05, 4.69) is 22.8 Å². The highest BCUT2D eigenvalue weighted by Crippen LogP contribution is 2.24. The van der Waals surface area contributed by atoms with Gasteiger partial charge in [-0.15, -0.1) is 11.3 Å². The summed E-state index contributed by atoms with van der Waals surface area (Å²) in [6.45, 7) is 3.07. The second-order valence-corrected chi connectivity index (χ2v) is 6.62. The van der Waals surface area contributed by atoms with E-state index in [1.54, 1.807) is 5.57 Å². The Labute approximate surface area is 124 Å². The minimum Gasteiger partial charge on any atom is -0.337 e. The van der Waals surface area contributed by atoms with Crippen LogP contribution in [0, 0.1) is 0 Å². The summed E-state index contributed by atoms with van der Waals surface area (Å²) in [6.07, 6.45) is 8.28. The number of amides is 1. The molecule has 0 saturated heterocycles. The molecule has 1 aliphatic heterocycles. The second kappa shape index (κ2) is 6.55. The maximum atomic E-state index is 12.2. The van der Waals surface area contributed by atoms with E-state index in [1.165, 1.54) is 29.7 Å². The maximum absolute atomic E-state index is 12.2. The molecule has 0 unspecified atom stereocenters. The zero-order valence-corrected chi connectivity index (χ0v) is 12.7. The van der Waals surface area contributed by atoms with Crippen molar-refractivity contribution in [3.8, 4) is 0 Å². The Balaban J connectivity index is 1.39. The van der Waals surface area contributed by atoms with E-state index in [1.807, 2.05) is 16.2 Å². The molecule has 0 radical (unpaired) electrons. The third kappa shape index (κ3) is 3.30. The number of nitrogens with zero attached hydrogens (tertiary/aromatic N) is 1. The monoisotopic (exact) mass is 290 g/mol. The van der Waals surface area contributed by atoms with Crippen LogP contribution in [0.2, 0.25) is 0 Å². The van der Waals surface area contributed by atoms with Gasteiger partial charge in [0.05, 0.1) is 6.54 Å². The number of fused-ring (bicyclic) bond motifs is 1. The van der Waals surface area contributed by atoms with Crippen LogP contribution in [0.5, 0.6) is 0 Å².